The number of aryl methyl sites for hydroxylation is 1. The van der Waals surface area contributed by atoms with E-state index in [2.05, 4.69) is 16.0 Å². The molecule has 0 unspecified atom stereocenters. The molecule has 0 saturated carbocycles. The molecule has 0 aliphatic rings. The maximum Gasteiger partial charge on any atom is 0.262 e. The molecule has 1 aromatic heterocycles. The molecule has 1 N–H and O–H groups in total. The van der Waals surface area contributed by atoms with Gasteiger partial charge >= 0.3 is 0 Å². The normalized spacial score (nSPS) is 12.0. The molecule has 4 aromatic rings. The molecule has 0 radical (unpaired) electrons. The van der Waals surface area contributed by atoms with Crippen molar-refractivity contribution in [2.24, 2.45) is 0 Å². The predicted molar refractivity (Wildman–Crippen MR) is 148 cm³/mol. The highest BCUT2D eigenvalue weighted by molar-refractivity contribution is 6.31. The fourth-order valence-electron chi connectivity index (χ4n) is 4.20. The molecular formula is C31H28ClN3O2. The summed E-state index contributed by atoms with van der Waals surface area (Å²) in [6, 6.07) is 28.9. The fourth-order valence-corrected chi connectivity index (χ4v) is 4.39. The van der Waals surface area contributed by atoms with Gasteiger partial charge < -0.3 is 14.6 Å². The number of carbonyl (C=O) groups excluding carboxylic acids is 1. The van der Waals surface area contributed by atoms with Gasteiger partial charge in [0.15, 0.2) is 0 Å². The smallest absolute Gasteiger partial charge is 0.262 e. The second kappa shape index (κ2) is 11.6. The van der Waals surface area contributed by atoms with E-state index in [0.29, 0.717) is 11.6 Å². The molecule has 4 rings (SSSR count). The Hall–Kier alpha value is -4.27. The molecule has 0 aliphatic carbocycles. The molecule has 0 fully saturated rings. The van der Waals surface area contributed by atoms with Crippen LogP contribution in [0.15, 0.2) is 90.5 Å². The molecule has 1 amide bonds. The van der Waals surface area contributed by atoms with E-state index in [4.69, 9.17) is 16.3 Å². The number of hydrogen-bond donors (Lipinski definition) is 1. The van der Waals surface area contributed by atoms with E-state index >= 15 is 0 Å². The Bertz CT molecular complexity index is 1460. The molecule has 3 aromatic carbocycles. The van der Waals surface area contributed by atoms with Crippen LogP contribution in [0.25, 0.3) is 11.8 Å². The summed E-state index contributed by atoms with van der Waals surface area (Å²) in [5.41, 5.74) is 5.66. The first-order valence-corrected chi connectivity index (χ1v) is 12.4. The van der Waals surface area contributed by atoms with Crippen molar-refractivity contribution in [3.05, 3.63) is 124 Å². The number of nitrogens with zero attached hydrogens (tertiary/aromatic N) is 2. The summed E-state index contributed by atoms with van der Waals surface area (Å²) in [7, 11) is 0. The maximum absolute atomic E-state index is 12.8. The van der Waals surface area contributed by atoms with E-state index in [1.54, 1.807) is 6.08 Å². The summed E-state index contributed by atoms with van der Waals surface area (Å²) < 4.78 is 7.99. The van der Waals surface area contributed by atoms with Gasteiger partial charge in [0.1, 0.15) is 24.0 Å². The Balaban J connectivity index is 1.50. The van der Waals surface area contributed by atoms with Crippen LogP contribution in [-0.4, -0.2) is 10.5 Å². The van der Waals surface area contributed by atoms with Gasteiger partial charge in [-0.05, 0) is 74.4 Å². The number of benzene rings is 3. The molecule has 1 heterocycles. The van der Waals surface area contributed by atoms with Crippen LogP contribution < -0.4 is 10.1 Å². The monoisotopic (exact) mass is 509 g/mol. The summed E-state index contributed by atoms with van der Waals surface area (Å²) in [6.07, 6.45) is 1.65. The van der Waals surface area contributed by atoms with Crippen molar-refractivity contribution in [3.63, 3.8) is 0 Å². The number of ether oxygens (including phenoxy) is 1. The van der Waals surface area contributed by atoms with Crippen LogP contribution in [0.2, 0.25) is 5.02 Å². The largest absolute Gasteiger partial charge is 0.489 e. The highest BCUT2D eigenvalue weighted by Gasteiger charge is 2.16. The van der Waals surface area contributed by atoms with Crippen LogP contribution in [0.3, 0.4) is 0 Å². The van der Waals surface area contributed by atoms with Gasteiger partial charge in [-0.25, -0.2) is 0 Å². The van der Waals surface area contributed by atoms with E-state index in [9.17, 15) is 10.1 Å². The van der Waals surface area contributed by atoms with Gasteiger partial charge in [0.25, 0.3) is 5.91 Å². The van der Waals surface area contributed by atoms with Crippen molar-refractivity contribution in [3.8, 4) is 17.5 Å². The summed E-state index contributed by atoms with van der Waals surface area (Å²) >= 11 is 6.22. The predicted octanol–water partition coefficient (Wildman–Crippen LogP) is 7.11. The number of nitrogens with one attached hydrogen (secondary N) is 1. The number of halogens is 1. The molecule has 6 heteroatoms. The second-order valence-electron chi connectivity index (χ2n) is 8.81. The van der Waals surface area contributed by atoms with Gasteiger partial charge in [-0.2, -0.15) is 5.26 Å². The Morgan fingerprint density at radius 2 is 1.73 bits per heavy atom. The Kier molecular flexibility index (Phi) is 8.12. The fraction of sp³-hybridized carbons (Fsp3) is 0.161. The summed E-state index contributed by atoms with van der Waals surface area (Å²) in [5, 5.41) is 13.3. The standard InChI is InChI=1S/C31H28ClN3O2/c1-21-17-26(18-27(19-33)31(36)34-22(2)24-9-5-4-6-10-24)23(3)35(21)28-13-15-29(16-14-28)37-20-25-11-7-8-12-30(25)32/h4-18,22H,20H2,1-3H3,(H,34,36)/b27-18-/t22-/m0/s1. The Morgan fingerprint density at radius 1 is 1.05 bits per heavy atom. The molecule has 1 atom stereocenters. The quantitative estimate of drug-likeness (QED) is 0.203. The molecule has 186 valence electrons. The van der Waals surface area contributed by atoms with Gasteiger partial charge in [0.2, 0.25) is 0 Å². The Labute approximate surface area is 222 Å². The zero-order chi connectivity index (χ0) is 26.4. The van der Waals surface area contributed by atoms with Gasteiger partial charge in [-0.15, -0.1) is 0 Å². The van der Waals surface area contributed by atoms with Crippen LogP contribution in [0.4, 0.5) is 0 Å². The molecular weight excluding hydrogens is 482 g/mol. The summed E-state index contributed by atoms with van der Waals surface area (Å²) in [6.45, 7) is 6.25. The van der Waals surface area contributed by atoms with E-state index in [-0.39, 0.29) is 11.6 Å². The number of hydrogen-bond acceptors (Lipinski definition) is 3. The van der Waals surface area contributed by atoms with Gasteiger partial charge in [0, 0.05) is 27.7 Å². The third kappa shape index (κ3) is 6.11. The SMILES string of the molecule is Cc1cc(/C=C(/C#N)C(=O)N[C@@H](C)c2ccccc2)c(C)n1-c1ccc(OCc2ccccc2Cl)cc1. The highest BCUT2D eigenvalue weighted by Crippen LogP contribution is 2.25. The molecule has 0 bridgehead atoms. The number of carbonyl (C=O) groups is 1. The van der Waals surface area contributed by atoms with Crippen LogP contribution in [-0.2, 0) is 11.4 Å². The minimum atomic E-state index is -0.399. The van der Waals surface area contributed by atoms with Crippen LogP contribution in [0.5, 0.6) is 5.75 Å². The van der Waals surface area contributed by atoms with E-state index in [0.717, 1.165) is 39.5 Å². The first-order chi connectivity index (χ1) is 17.9. The zero-order valence-electron chi connectivity index (χ0n) is 21.0. The van der Waals surface area contributed by atoms with E-state index in [1.165, 1.54) is 0 Å². The number of nitriles is 1. The third-order valence-corrected chi connectivity index (χ3v) is 6.60. The molecule has 37 heavy (non-hydrogen) atoms. The highest BCUT2D eigenvalue weighted by atomic mass is 35.5. The molecule has 0 saturated heterocycles. The molecule has 5 nitrogen and oxygen atoms in total. The zero-order valence-corrected chi connectivity index (χ0v) is 21.8. The number of amides is 1. The summed E-state index contributed by atoms with van der Waals surface area (Å²) in [5.74, 6) is 0.339. The van der Waals surface area contributed by atoms with E-state index < -0.39 is 5.91 Å². The Morgan fingerprint density at radius 3 is 2.41 bits per heavy atom. The van der Waals surface area contributed by atoms with Crippen molar-refractivity contribution >= 4 is 23.6 Å². The maximum atomic E-state index is 12.8. The first-order valence-electron chi connectivity index (χ1n) is 12.0. The van der Waals surface area contributed by atoms with E-state index in [1.807, 2.05) is 106 Å². The van der Waals surface area contributed by atoms with Crippen LogP contribution >= 0.6 is 11.6 Å². The van der Waals surface area contributed by atoms with Crippen molar-refractivity contribution in [2.45, 2.75) is 33.4 Å². The van der Waals surface area contributed by atoms with Gasteiger partial charge in [-0.1, -0.05) is 60.1 Å². The van der Waals surface area contributed by atoms with Gasteiger partial charge in [0.05, 0.1) is 6.04 Å². The van der Waals surface area contributed by atoms with Crippen molar-refractivity contribution in [1.29, 1.82) is 5.26 Å². The van der Waals surface area contributed by atoms with Crippen molar-refractivity contribution in [1.82, 2.24) is 9.88 Å². The first kappa shape index (κ1) is 25.8. The minimum Gasteiger partial charge on any atom is -0.489 e. The average Bonchev–Trinajstić information content (AvgIpc) is 3.19. The lowest BCUT2D eigenvalue weighted by molar-refractivity contribution is -0.117. The third-order valence-electron chi connectivity index (χ3n) is 6.23. The summed E-state index contributed by atoms with van der Waals surface area (Å²) in [4.78, 5) is 12.8. The van der Waals surface area contributed by atoms with Gasteiger partial charge in [-0.3, -0.25) is 4.79 Å². The average molecular weight is 510 g/mol. The van der Waals surface area contributed by atoms with Crippen molar-refractivity contribution in [2.75, 3.05) is 0 Å². The lowest BCUT2D eigenvalue weighted by atomic mass is 10.1. The number of aromatic nitrogens is 1. The van der Waals surface area contributed by atoms with Crippen molar-refractivity contribution < 1.29 is 9.53 Å². The molecule has 0 aliphatic heterocycles. The number of rotatable bonds is 8. The topological polar surface area (TPSA) is 67.0 Å². The second-order valence-corrected chi connectivity index (χ2v) is 9.22. The van der Waals surface area contributed by atoms with Crippen LogP contribution in [0, 0.1) is 25.2 Å². The molecule has 0 spiro atoms. The van der Waals surface area contributed by atoms with Crippen LogP contribution in [0.1, 0.15) is 41.0 Å². The lowest BCUT2D eigenvalue weighted by Crippen LogP contribution is -2.27. The minimum absolute atomic E-state index is 0.0614. The lowest BCUT2D eigenvalue weighted by Gasteiger charge is -2.14.